The Morgan fingerprint density at radius 1 is 0.479 bits per heavy atom. The maximum atomic E-state index is 12.6. The van der Waals surface area contributed by atoms with E-state index in [1.54, 1.807) is 13.8 Å². The summed E-state index contributed by atoms with van der Waals surface area (Å²) in [5.41, 5.74) is 0. The van der Waals surface area contributed by atoms with Crippen LogP contribution in [0, 0.1) is 5.92 Å². The van der Waals surface area contributed by atoms with Crippen molar-refractivity contribution in [3.8, 4) is 0 Å². The summed E-state index contributed by atoms with van der Waals surface area (Å²) in [7, 11) is 0. The molecule has 0 aliphatic rings. The number of hydrogen-bond donors (Lipinski definition) is 4. The molecule has 0 spiro atoms. The number of carbonyl (C=O) groups excluding carboxylic acids is 2. The van der Waals surface area contributed by atoms with E-state index in [9.17, 15) is 24.3 Å². The summed E-state index contributed by atoms with van der Waals surface area (Å²) >= 11 is 0. The van der Waals surface area contributed by atoms with E-state index in [1.165, 1.54) is 154 Å². The van der Waals surface area contributed by atoms with Crippen molar-refractivity contribution in [2.24, 2.45) is 5.92 Å². The van der Waals surface area contributed by atoms with Crippen LogP contribution in [0.1, 0.15) is 213 Å². The van der Waals surface area contributed by atoms with Crippen molar-refractivity contribution >= 4 is 23.8 Å². The van der Waals surface area contributed by atoms with Crippen LogP contribution in [0.4, 0.5) is 0 Å². The Bertz CT molecular complexity index is 803. The molecule has 4 N–H and O–H groups in total. The third-order valence-electron chi connectivity index (χ3n) is 9.53. The van der Waals surface area contributed by atoms with Gasteiger partial charge in [-0.3, -0.25) is 14.4 Å². The van der Waals surface area contributed by atoms with Crippen LogP contribution in [-0.2, 0) is 19.2 Å². The van der Waals surface area contributed by atoms with Crippen molar-refractivity contribution < 1.29 is 29.4 Å². The maximum Gasteiger partial charge on any atom is 0.326 e. The molecular weight excluding hydrogens is 604 g/mol. The minimum atomic E-state index is -1.31. The van der Waals surface area contributed by atoms with Gasteiger partial charge < -0.3 is 20.8 Å². The lowest BCUT2D eigenvalue weighted by molar-refractivity contribution is -0.143. The fourth-order valence-corrected chi connectivity index (χ4v) is 6.35. The van der Waals surface area contributed by atoms with Crippen LogP contribution in [0.15, 0.2) is 0 Å². The molecule has 8 heteroatoms. The van der Waals surface area contributed by atoms with Crippen LogP contribution in [0.2, 0.25) is 0 Å². The highest BCUT2D eigenvalue weighted by atomic mass is 16.4. The number of rotatable bonds is 36. The summed E-state index contributed by atoms with van der Waals surface area (Å²) in [5.74, 6) is -3.48. The van der Waals surface area contributed by atoms with E-state index in [4.69, 9.17) is 5.11 Å². The molecule has 0 rings (SSSR count). The van der Waals surface area contributed by atoms with Gasteiger partial charge in [0, 0.05) is 12.8 Å². The van der Waals surface area contributed by atoms with Gasteiger partial charge in [-0.15, -0.1) is 0 Å². The second-order valence-corrected chi connectivity index (χ2v) is 14.6. The van der Waals surface area contributed by atoms with E-state index in [0.717, 1.165) is 19.3 Å². The Hall–Kier alpha value is -2.12. The van der Waals surface area contributed by atoms with Crippen molar-refractivity contribution in [3.05, 3.63) is 0 Å². The minimum absolute atomic E-state index is 0.214. The smallest absolute Gasteiger partial charge is 0.326 e. The molecule has 0 aliphatic carbocycles. The van der Waals surface area contributed by atoms with Gasteiger partial charge in [-0.2, -0.15) is 0 Å². The average Bonchev–Trinajstić information content (AvgIpc) is 3.04. The van der Waals surface area contributed by atoms with Crippen molar-refractivity contribution in [3.63, 3.8) is 0 Å². The van der Waals surface area contributed by atoms with Gasteiger partial charge in [-0.1, -0.05) is 188 Å². The number of aliphatic carboxylic acids is 2. The molecule has 0 bridgehead atoms. The highest BCUT2D eigenvalue weighted by Crippen LogP contribution is 2.16. The number of unbranched alkanes of at least 4 members (excludes halogenated alkanes) is 26. The first-order valence-electron chi connectivity index (χ1n) is 20.2. The Balaban J connectivity index is 3.59. The topological polar surface area (TPSA) is 133 Å². The van der Waals surface area contributed by atoms with Crippen molar-refractivity contribution in [1.82, 2.24) is 10.6 Å². The summed E-state index contributed by atoms with van der Waals surface area (Å²) in [6.07, 6.45) is 36.0. The van der Waals surface area contributed by atoms with E-state index in [1.807, 2.05) is 0 Å². The first-order chi connectivity index (χ1) is 23.2. The normalized spacial score (nSPS) is 12.6. The van der Waals surface area contributed by atoms with Gasteiger partial charge in [-0.05, 0) is 18.8 Å². The summed E-state index contributed by atoms with van der Waals surface area (Å²) in [5, 5.41) is 23.2. The second kappa shape index (κ2) is 33.4. The molecule has 8 nitrogen and oxygen atoms in total. The summed E-state index contributed by atoms with van der Waals surface area (Å²) in [6.45, 7) is 5.84. The van der Waals surface area contributed by atoms with Gasteiger partial charge in [0.15, 0.2) is 0 Å². The lowest BCUT2D eigenvalue weighted by Crippen LogP contribution is -2.53. The molecule has 48 heavy (non-hydrogen) atoms. The standard InChI is InChI=1S/C40H76N2O6/c1-4-5-6-7-8-9-10-11-12-13-14-15-16-17-18-19-20-21-22-23-24-25-26-27-28-29-30-31-36(43)42-38(34(2)3)39(46)41-35(40(47)48)32-33-37(44)45/h34-35,38H,4-33H2,1-3H3,(H,41,46)(H,42,43)(H,44,45)(H,47,48). The third kappa shape index (κ3) is 30.0. The highest BCUT2D eigenvalue weighted by molar-refractivity contribution is 5.90. The van der Waals surface area contributed by atoms with E-state index < -0.39 is 29.9 Å². The van der Waals surface area contributed by atoms with Crippen molar-refractivity contribution in [2.75, 3.05) is 0 Å². The number of amides is 2. The van der Waals surface area contributed by atoms with E-state index in [-0.39, 0.29) is 24.7 Å². The number of hydrogen-bond acceptors (Lipinski definition) is 4. The number of carboxylic acids is 2. The molecular formula is C40H76N2O6. The Morgan fingerprint density at radius 3 is 1.10 bits per heavy atom. The molecule has 0 heterocycles. The van der Waals surface area contributed by atoms with Gasteiger partial charge in [0.05, 0.1) is 0 Å². The first-order valence-corrected chi connectivity index (χ1v) is 20.2. The average molecular weight is 681 g/mol. The van der Waals surface area contributed by atoms with E-state index >= 15 is 0 Å². The summed E-state index contributed by atoms with van der Waals surface area (Å²) < 4.78 is 0. The Labute approximate surface area is 294 Å². The van der Waals surface area contributed by atoms with E-state index in [2.05, 4.69) is 17.6 Å². The lowest BCUT2D eigenvalue weighted by atomic mass is 10.0. The molecule has 0 aromatic rings. The molecule has 0 aromatic carbocycles. The predicted molar refractivity (Wildman–Crippen MR) is 198 cm³/mol. The molecule has 0 aromatic heterocycles. The zero-order chi connectivity index (χ0) is 35.7. The number of carbonyl (C=O) groups is 4. The summed E-state index contributed by atoms with van der Waals surface area (Å²) in [4.78, 5) is 47.3. The highest BCUT2D eigenvalue weighted by Gasteiger charge is 2.28. The number of carboxylic acid groups (broad SMARTS) is 2. The quantitative estimate of drug-likeness (QED) is 0.0487. The van der Waals surface area contributed by atoms with Gasteiger partial charge in [0.2, 0.25) is 11.8 Å². The maximum absolute atomic E-state index is 12.6. The fraction of sp³-hybridized carbons (Fsp3) is 0.900. The SMILES string of the molecule is CCCCCCCCCCCCCCCCCCCCCCCCCCCCCC(=O)NC(C(=O)NC(CCC(=O)O)C(=O)O)C(C)C. The van der Waals surface area contributed by atoms with Gasteiger partial charge in [0.1, 0.15) is 12.1 Å². The first kappa shape index (κ1) is 45.9. The van der Waals surface area contributed by atoms with Gasteiger partial charge in [-0.25, -0.2) is 4.79 Å². The lowest BCUT2D eigenvalue weighted by Gasteiger charge is -2.24. The second-order valence-electron chi connectivity index (χ2n) is 14.6. The van der Waals surface area contributed by atoms with Crippen molar-refractivity contribution in [2.45, 2.75) is 225 Å². The Morgan fingerprint density at radius 2 is 0.812 bits per heavy atom. The van der Waals surface area contributed by atoms with Gasteiger partial charge in [0.25, 0.3) is 0 Å². The molecule has 2 amide bonds. The zero-order valence-corrected chi connectivity index (χ0v) is 31.5. The molecule has 0 aliphatic heterocycles. The molecule has 0 radical (unpaired) electrons. The van der Waals surface area contributed by atoms with Crippen LogP contribution >= 0.6 is 0 Å². The van der Waals surface area contributed by atoms with Crippen LogP contribution < -0.4 is 10.6 Å². The van der Waals surface area contributed by atoms with Crippen LogP contribution in [0.3, 0.4) is 0 Å². The monoisotopic (exact) mass is 681 g/mol. The fourth-order valence-electron chi connectivity index (χ4n) is 6.35. The molecule has 0 saturated carbocycles. The molecule has 0 fully saturated rings. The molecule has 2 unspecified atom stereocenters. The van der Waals surface area contributed by atoms with Crippen LogP contribution in [-0.4, -0.2) is 46.0 Å². The molecule has 282 valence electrons. The molecule has 2 atom stereocenters. The minimum Gasteiger partial charge on any atom is -0.481 e. The number of nitrogens with one attached hydrogen (secondary N) is 2. The van der Waals surface area contributed by atoms with Crippen molar-refractivity contribution in [1.29, 1.82) is 0 Å². The van der Waals surface area contributed by atoms with Gasteiger partial charge >= 0.3 is 11.9 Å². The molecule has 0 saturated heterocycles. The van der Waals surface area contributed by atoms with Crippen LogP contribution in [0.5, 0.6) is 0 Å². The zero-order valence-electron chi connectivity index (χ0n) is 31.5. The van der Waals surface area contributed by atoms with Crippen LogP contribution in [0.25, 0.3) is 0 Å². The largest absolute Gasteiger partial charge is 0.481 e. The third-order valence-corrected chi connectivity index (χ3v) is 9.53. The summed E-state index contributed by atoms with van der Waals surface area (Å²) in [6, 6.07) is -2.17. The van der Waals surface area contributed by atoms with E-state index in [0.29, 0.717) is 6.42 Å². The predicted octanol–water partition coefficient (Wildman–Crippen LogP) is 10.5. The Kier molecular flexibility index (Phi) is 31.9.